The maximum Gasteiger partial charge on any atom is 0.309 e. The number of primary amides is 1. The van der Waals surface area contributed by atoms with E-state index in [1.165, 1.54) is 11.8 Å². The molecule has 0 unspecified atom stereocenters. The van der Waals surface area contributed by atoms with Crippen LogP contribution >= 0.6 is 0 Å². The van der Waals surface area contributed by atoms with Crippen LogP contribution in [0.1, 0.15) is 42.2 Å². The van der Waals surface area contributed by atoms with E-state index in [1.54, 1.807) is 36.5 Å². The van der Waals surface area contributed by atoms with Crippen LogP contribution in [0.5, 0.6) is 0 Å². The van der Waals surface area contributed by atoms with Gasteiger partial charge >= 0.3 is 5.97 Å². The molecule has 138 valence electrons. The summed E-state index contributed by atoms with van der Waals surface area (Å²) in [5.41, 5.74) is 7.70. The van der Waals surface area contributed by atoms with E-state index in [4.69, 9.17) is 10.5 Å². The molecular weight excluding hydrogens is 344 g/mol. The van der Waals surface area contributed by atoms with E-state index >= 15 is 0 Å². The molecule has 2 atom stereocenters. The van der Waals surface area contributed by atoms with Gasteiger partial charge in [-0.3, -0.25) is 14.4 Å². The Balaban J connectivity index is 1.82. The second-order valence-electron chi connectivity index (χ2n) is 6.27. The van der Waals surface area contributed by atoms with Gasteiger partial charge in [0.05, 0.1) is 12.5 Å². The van der Waals surface area contributed by atoms with Crippen molar-refractivity contribution in [2.45, 2.75) is 25.5 Å². The van der Waals surface area contributed by atoms with Gasteiger partial charge in [-0.2, -0.15) is 0 Å². The largest absolute Gasteiger partial charge is 0.447 e. The molecular formula is C21H20N2O4. The van der Waals surface area contributed by atoms with Crippen molar-refractivity contribution >= 4 is 23.9 Å². The van der Waals surface area contributed by atoms with E-state index in [0.29, 0.717) is 5.56 Å². The number of esters is 1. The number of nitrogens with zero attached hydrogens (tertiary/aromatic N) is 1. The third-order valence-electron chi connectivity index (χ3n) is 4.44. The van der Waals surface area contributed by atoms with Crippen LogP contribution in [-0.2, 0) is 19.1 Å². The van der Waals surface area contributed by atoms with Gasteiger partial charge in [0.1, 0.15) is 0 Å². The first-order valence-corrected chi connectivity index (χ1v) is 8.57. The number of amides is 2. The normalized spacial score (nSPS) is 16.3. The Morgan fingerprint density at radius 1 is 1.07 bits per heavy atom. The lowest BCUT2D eigenvalue weighted by Gasteiger charge is -2.32. The second-order valence-corrected chi connectivity index (χ2v) is 6.27. The molecule has 2 N–H and O–H groups in total. The first-order chi connectivity index (χ1) is 13.0. The maximum absolute atomic E-state index is 12.6. The molecule has 1 aliphatic heterocycles. The van der Waals surface area contributed by atoms with E-state index in [-0.39, 0.29) is 12.3 Å². The minimum atomic E-state index is -1.17. The Morgan fingerprint density at radius 2 is 1.74 bits per heavy atom. The summed E-state index contributed by atoms with van der Waals surface area (Å²) < 4.78 is 5.37. The third kappa shape index (κ3) is 4.06. The fourth-order valence-corrected chi connectivity index (χ4v) is 3.17. The van der Waals surface area contributed by atoms with E-state index in [1.807, 2.05) is 30.3 Å². The van der Waals surface area contributed by atoms with Gasteiger partial charge in [-0.1, -0.05) is 54.6 Å². The monoisotopic (exact) mass is 364 g/mol. The van der Waals surface area contributed by atoms with E-state index < -0.39 is 24.0 Å². The Kier molecular flexibility index (Phi) is 5.35. The molecule has 6 heteroatoms. The highest BCUT2D eigenvalue weighted by molar-refractivity contribution is 5.84. The van der Waals surface area contributed by atoms with Gasteiger partial charge in [-0.05, 0) is 17.2 Å². The Hall–Kier alpha value is -3.41. The van der Waals surface area contributed by atoms with Crippen LogP contribution in [0.3, 0.4) is 0 Å². The molecule has 2 aromatic carbocycles. The Morgan fingerprint density at radius 3 is 2.41 bits per heavy atom. The first-order valence-electron chi connectivity index (χ1n) is 8.57. The van der Waals surface area contributed by atoms with Crippen molar-refractivity contribution in [1.82, 2.24) is 4.90 Å². The number of fused-ring (bicyclic) bond motifs is 1. The standard InChI is InChI=1S/C21H20N2O4/c1-14(24)23-12-11-15-7-5-6-10-17(15)18(23)13-19(25)27-20(21(22)26)16-8-3-2-4-9-16/h2-12,18,20H,13H2,1H3,(H2,22,26)/t18-,20+/m1/s1. The molecule has 0 spiro atoms. The van der Waals surface area contributed by atoms with Gasteiger partial charge in [0.25, 0.3) is 5.91 Å². The van der Waals surface area contributed by atoms with Crippen molar-refractivity contribution in [3.63, 3.8) is 0 Å². The number of ether oxygens (including phenoxy) is 1. The van der Waals surface area contributed by atoms with Gasteiger partial charge in [-0.15, -0.1) is 0 Å². The average molecular weight is 364 g/mol. The number of carbonyl (C=O) groups is 3. The van der Waals surface area contributed by atoms with Crippen LogP contribution in [0.25, 0.3) is 6.08 Å². The van der Waals surface area contributed by atoms with Crippen LogP contribution in [0.15, 0.2) is 60.8 Å². The Labute approximate surface area is 157 Å². The van der Waals surface area contributed by atoms with Crippen LogP contribution in [0.2, 0.25) is 0 Å². The number of rotatable bonds is 5. The summed E-state index contributed by atoms with van der Waals surface area (Å²) in [6.45, 7) is 1.44. The minimum Gasteiger partial charge on any atom is -0.447 e. The van der Waals surface area contributed by atoms with Gasteiger partial charge in [0, 0.05) is 18.7 Å². The number of hydrogen-bond donors (Lipinski definition) is 1. The highest BCUT2D eigenvalue weighted by Crippen LogP contribution is 2.33. The predicted molar refractivity (Wildman–Crippen MR) is 99.8 cm³/mol. The van der Waals surface area contributed by atoms with E-state index in [9.17, 15) is 14.4 Å². The summed E-state index contributed by atoms with van der Waals surface area (Å²) in [6, 6.07) is 15.6. The van der Waals surface area contributed by atoms with Crippen molar-refractivity contribution < 1.29 is 19.1 Å². The van der Waals surface area contributed by atoms with Gasteiger partial charge in [0.15, 0.2) is 0 Å². The van der Waals surface area contributed by atoms with Gasteiger partial charge < -0.3 is 15.4 Å². The number of hydrogen-bond acceptors (Lipinski definition) is 4. The predicted octanol–water partition coefficient (Wildman–Crippen LogP) is 2.72. The number of carbonyl (C=O) groups excluding carboxylic acids is 3. The molecule has 6 nitrogen and oxygen atoms in total. The Bertz CT molecular complexity index is 892. The third-order valence-corrected chi connectivity index (χ3v) is 4.44. The number of benzene rings is 2. The zero-order valence-corrected chi connectivity index (χ0v) is 14.9. The summed E-state index contributed by atoms with van der Waals surface area (Å²) in [6.07, 6.45) is 2.23. The summed E-state index contributed by atoms with van der Waals surface area (Å²) in [5, 5.41) is 0. The molecule has 1 aliphatic rings. The molecule has 0 saturated heterocycles. The summed E-state index contributed by atoms with van der Waals surface area (Å²) >= 11 is 0. The van der Waals surface area contributed by atoms with Crippen molar-refractivity contribution in [3.8, 4) is 0 Å². The quantitative estimate of drug-likeness (QED) is 0.826. The molecule has 0 aromatic heterocycles. The van der Waals surface area contributed by atoms with E-state index in [0.717, 1.165) is 11.1 Å². The zero-order chi connectivity index (χ0) is 19.4. The van der Waals surface area contributed by atoms with Crippen LogP contribution < -0.4 is 5.73 Å². The lowest BCUT2D eigenvalue weighted by molar-refractivity contribution is -0.156. The molecule has 3 rings (SSSR count). The molecule has 27 heavy (non-hydrogen) atoms. The summed E-state index contributed by atoms with van der Waals surface area (Å²) in [4.78, 5) is 37.8. The summed E-state index contributed by atoms with van der Waals surface area (Å²) in [5.74, 6) is -1.54. The van der Waals surface area contributed by atoms with Gasteiger partial charge in [0.2, 0.25) is 12.0 Å². The van der Waals surface area contributed by atoms with E-state index in [2.05, 4.69) is 0 Å². The van der Waals surface area contributed by atoms with Crippen LogP contribution in [0, 0.1) is 0 Å². The highest BCUT2D eigenvalue weighted by Gasteiger charge is 2.31. The number of nitrogens with two attached hydrogens (primary N) is 1. The highest BCUT2D eigenvalue weighted by atomic mass is 16.5. The average Bonchev–Trinajstić information content (AvgIpc) is 2.66. The van der Waals surface area contributed by atoms with Crippen molar-refractivity contribution in [2.24, 2.45) is 5.73 Å². The molecule has 0 radical (unpaired) electrons. The molecule has 2 amide bonds. The van der Waals surface area contributed by atoms with Crippen molar-refractivity contribution in [2.75, 3.05) is 0 Å². The minimum absolute atomic E-state index is 0.0858. The van der Waals surface area contributed by atoms with Crippen molar-refractivity contribution in [1.29, 1.82) is 0 Å². The maximum atomic E-state index is 12.6. The van der Waals surface area contributed by atoms with Gasteiger partial charge in [-0.25, -0.2) is 0 Å². The first kappa shape index (κ1) is 18.4. The summed E-state index contributed by atoms with van der Waals surface area (Å²) in [7, 11) is 0. The van der Waals surface area contributed by atoms with Crippen LogP contribution in [0.4, 0.5) is 0 Å². The fraction of sp³-hybridized carbons (Fsp3) is 0.190. The SMILES string of the molecule is CC(=O)N1C=Cc2ccccc2[C@H]1CC(=O)O[C@H](C(N)=O)c1ccccc1. The molecule has 0 aliphatic carbocycles. The van der Waals surface area contributed by atoms with Crippen LogP contribution in [-0.4, -0.2) is 22.7 Å². The molecule has 0 saturated carbocycles. The molecule has 1 heterocycles. The topological polar surface area (TPSA) is 89.7 Å². The fourth-order valence-electron chi connectivity index (χ4n) is 3.17. The zero-order valence-electron chi connectivity index (χ0n) is 14.9. The second kappa shape index (κ2) is 7.86. The molecule has 0 bridgehead atoms. The smallest absolute Gasteiger partial charge is 0.309 e. The van der Waals surface area contributed by atoms with Crippen molar-refractivity contribution in [3.05, 3.63) is 77.5 Å². The lowest BCUT2D eigenvalue weighted by Crippen LogP contribution is -2.33. The lowest BCUT2D eigenvalue weighted by atomic mass is 9.94. The molecule has 2 aromatic rings. The molecule has 0 fully saturated rings.